The first-order valence-corrected chi connectivity index (χ1v) is 49.8. The van der Waals surface area contributed by atoms with E-state index in [2.05, 4.69) is 27.7 Å². The van der Waals surface area contributed by atoms with E-state index >= 15 is 0 Å². The predicted octanol–water partition coefficient (Wildman–Crippen LogP) is 18.2. The first-order valence-electron chi connectivity index (χ1n) is 48.3. The molecule has 0 aromatic rings. The number of aliphatic hydroxyl groups is 9. The molecule has 0 spiro atoms. The number of carbonyl (C=O) groups is 4. The number of carbonyl (C=O) groups excluding carboxylic acids is 4. The van der Waals surface area contributed by atoms with Crippen LogP contribution in [0.2, 0.25) is 0 Å². The second-order valence-electron chi connectivity index (χ2n) is 34.6. The molecule has 1 aliphatic carbocycles. The zero-order valence-corrected chi connectivity index (χ0v) is 75.1. The minimum atomic E-state index is -5.80. The minimum Gasteiger partial charge on any atom is -0.463 e. The van der Waals surface area contributed by atoms with E-state index in [-0.39, 0.29) is 25.7 Å². The van der Waals surface area contributed by atoms with E-state index in [0.717, 1.165) is 128 Å². The van der Waals surface area contributed by atoms with E-state index in [1.807, 2.05) is 0 Å². The predicted molar refractivity (Wildman–Crippen MR) is 458 cm³/mol. The summed E-state index contributed by atoms with van der Waals surface area (Å²) >= 11 is 0. The van der Waals surface area contributed by atoms with Gasteiger partial charge in [-0.25, -0.2) is 4.57 Å². The van der Waals surface area contributed by atoms with Gasteiger partial charge in [-0.2, -0.15) is 0 Å². The van der Waals surface area contributed by atoms with E-state index in [4.69, 9.17) is 46.9 Å². The van der Waals surface area contributed by atoms with Gasteiger partial charge in [-0.15, -0.1) is 0 Å². The highest BCUT2D eigenvalue weighted by atomic mass is 31.2. The summed E-state index contributed by atoms with van der Waals surface area (Å²) in [6.45, 7) is 5.65. The summed E-state index contributed by atoms with van der Waals surface area (Å²) in [7, 11) is -5.80. The van der Waals surface area contributed by atoms with E-state index < -0.39 is 162 Å². The van der Waals surface area contributed by atoms with Crippen molar-refractivity contribution in [3.8, 4) is 0 Å². The molecule has 10 N–H and O–H groups in total. The van der Waals surface area contributed by atoms with Gasteiger partial charge in [0, 0.05) is 25.7 Å². The van der Waals surface area contributed by atoms with Crippen LogP contribution in [0.5, 0.6) is 0 Å². The summed E-state index contributed by atoms with van der Waals surface area (Å²) in [6, 6.07) is 0. The molecule has 0 bridgehead atoms. The molecule has 18 atom stereocenters. The number of hydrogen-bond acceptors (Lipinski definition) is 24. The number of aliphatic hydroxyl groups excluding tert-OH is 9. The molecule has 2 heterocycles. The quantitative estimate of drug-likeness (QED) is 0.0117. The highest BCUT2D eigenvalue weighted by molar-refractivity contribution is 7.47. The molecule has 0 amide bonds. The Kier molecular flexibility index (Phi) is 66.5. The summed E-state index contributed by atoms with van der Waals surface area (Å²) in [4.78, 5) is 66.5. The molecule has 3 rings (SSSR count). The van der Waals surface area contributed by atoms with Gasteiger partial charge in [0.05, 0.1) is 13.2 Å². The molecule has 3 fully saturated rings. The molecule has 25 nitrogen and oxygen atoms in total. The molecule has 18 unspecified atom stereocenters. The summed E-state index contributed by atoms with van der Waals surface area (Å²) in [5.74, 6) is -2.94. The van der Waals surface area contributed by atoms with Crippen molar-refractivity contribution in [1.29, 1.82) is 0 Å². The molecular formula is C92H173O25P. The van der Waals surface area contributed by atoms with Crippen LogP contribution in [0.25, 0.3) is 0 Å². The maximum Gasteiger partial charge on any atom is 0.472 e. The van der Waals surface area contributed by atoms with Gasteiger partial charge in [0.2, 0.25) is 0 Å². The Hall–Kier alpha value is -2.53. The number of ether oxygens (including phenoxy) is 8. The van der Waals surface area contributed by atoms with Gasteiger partial charge in [0.25, 0.3) is 0 Å². The van der Waals surface area contributed by atoms with Crippen LogP contribution in [0.1, 0.15) is 432 Å². The fourth-order valence-corrected chi connectivity index (χ4v) is 17.2. The zero-order chi connectivity index (χ0) is 86.1. The highest BCUT2D eigenvalue weighted by Crippen LogP contribution is 2.49. The van der Waals surface area contributed by atoms with Gasteiger partial charge in [0.1, 0.15) is 92.6 Å². The monoisotopic (exact) mass is 1710 g/mol. The van der Waals surface area contributed by atoms with E-state index in [9.17, 15) is 74.6 Å². The summed E-state index contributed by atoms with van der Waals surface area (Å²) < 4.78 is 73.5. The lowest BCUT2D eigenvalue weighted by Crippen LogP contribution is -2.70. The molecule has 0 aromatic carbocycles. The van der Waals surface area contributed by atoms with Crippen LogP contribution in [-0.2, 0) is 70.7 Å². The van der Waals surface area contributed by atoms with E-state index in [1.165, 1.54) is 218 Å². The fourth-order valence-electron chi connectivity index (χ4n) is 16.2. The molecule has 26 heteroatoms. The zero-order valence-electron chi connectivity index (χ0n) is 74.2. The normalized spacial score (nSPS) is 24.9. The van der Waals surface area contributed by atoms with Crippen LogP contribution in [0, 0.1) is 0 Å². The molecule has 3 aliphatic rings. The maximum atomic E-state index is 14.9. The van der Waals surface area contributed by atoms with Crippen molar-refractivity contribution < 1.29 is 122 Å². The molecule has 1 saturated carbocycles. The number of esters is 4. The number of unbranched alkanes of at least 4 members (excludes halogenated alkanes) is 55. The number of phosphoric ester groups is 1. The van der Waals surface area contributed by atoms with Crippen molar-refractivity contribution in [3.63, 3.8) is 0 Å². The van der Waals surface area contributed by atoms with Crippen molar-refractivity contribution in [2.24, 2.45) is 0 Å². The second kappa shape index (κ2) is 71.6. The van der Waals surface area contributed by atoms with Gasteiger partial charge in [-0.1, -0.05) is 381 Å². The molecule has 2 aliphatic heterocycles. The lowest BCUT2D eigenvalue weighted by molar-refractivity contribution is -0.360. The van der Waals surface area contributed by atoms with Crippen molar-refractivity contribution in [2.45, 2.75) is 536 Å². The van der Waals surface area contributed by atoms with Crippen molar-refractivity contribution >= 4 is 31.7 Å². The Labute approximate surface area is 712 Å². The fraction of sp³-hybridized carbons (Fsp3) is 0.957. The van der Waals surface area contributed by atoms with Crippen molar-refractivity contribution in [2.75, 3.05) is 26.4 Å². The van der Waals surface area contributed by atoms with Crippen LogP contribution in [0.3, 0.4) is 0 Å². The van der Waals surface area contributed by atoms with Gasteiger partial charge in [-0.05, 0) is 25.7 Å². The first-order chi connectivity index (χ1) is 57.2. The third-order valence-corrected chi connectivity index (χ3v) is 24.8. The van der Waals surface area contributed by atoms with Gasteiger partial charge < -0.3 is 88.7 Å². The molecule has 0 radical (unpaired) electrons. The largest absolute Gasteiger partial charge is 0.472 e. The van der Waals surface area contributed by atoms with Crippen LogP contribution in [-0.4, -0.2) is 205 Å². The molecular weight excluding hydrogens is 1540 g/mol. The van der Waals surface area contributed by atoms with Crippen LogP contribution in [0.4, 0.5) is 0 Å². The number of hydrogen-bond donors (Lipinski definition) is 10. The molecule has 2 saturated heterocycles. The average molecular weight is 1710 g/mol. The third kappa shape index (κ3) is 51.2. The molecule has 0 aromatic heterocycles. The number of rotatable bonds is 79. The smallest absolute Gasteiger partial charge is 0.463 e. The van der Waals surface area contributed by atoms with Gasteiger partial charge in [0.15, 0.2) is 24.8 Å². The SMILES string of the molecule is CCCCCCCCCCCCCCCCCCC(=O)OCC1OC(OC2C(OC(=O)CCCCCCCCCCCCCCC)C(O)C(O)C(OC3OC(CO)C(O)C(O)C3O)C2OP(=O)(O)OCC(COC(=O)CCCCCCCCCCCCCCCCC)OC(=O)CCCCCCCCCCCCCCCCC)C(O)C(O)C1O. The van der Waals surface area contributed by atoms with E-state index in [0.29, 0.717) is 32.1 Å². The lowest BCUT2D eigenvalue weighted by Gasteiger charge is -2.50. The van der Waals surface area contributed by atoms with Gasteiger partial charge >= 0.3 is 31.7 Å². The number of phosphoric acid groups is 1. The van der Waals surface area contributed by atoms with Gasteiger partial charge in [-0.3, -0.25) is 28.2 Å². The Bertz CT molecular complexity index is 2450. The lowest BCUT2D eigenvalue weighted by atomic mass is 9.84. The van der Waals surface area contributed by atoms with Crippen LogP contribution < -0.4 is 0 Å². The Morgan fingerprint density at radius 2 is 0.585 bits per heavy atom. The second-order valence-corrected chi connectivity index (χ2v) is 36.0. The molecule has 118 heavy (non-hydrogen) atoms. The summed E-state index contributed by atoms with van der Waals surface area (Å²) in [5.41, 5.74) is 0. The standard InChI is InChI=1S/C92H173O25P/c1-5-9-13-17-21-25-29-33-36-39-42-45-49-53-57-61-65-76(95)109-71-74-80(99)82(101)86(105)92(113-74)116-89-87(114-78(97)67-63-59-55-51-46-40-32-28-24-20-16-12-8-4)83(102)84(103)88(115-91-85(104)81(100)79(98)73(68-93)112-91)90(89)117-118(106,107)110-70-72(111-77(96)66-62-58-54-50-47-43-38-35-31-27-23-19-15-11-7-3)69-108-75(94)64-60-56-52-48-44-41-37-34-30-26-22-18-14-10-6-2/h72-74,79-93,98-105H,5-71H2,1-4H3,(H,106,107). The summed E-state index contributed by atoms with van der Waals surface area (Å²) in [6.07, 6.45) is 29.4. The van der Waals surface area contributed by atoms with Crippen LogP contribution >= 0.6 is 7.82 Å². The Morgan fingerprint density at radius 3 is 0.924 bits per heavy atom. The highest BCUT2D eigenvalue weighted by Gasteiger charge is 2.60. The summed E-state index contributed by atoms with van der Waals surface area (Å²) in [5, 5.41) is 102. The first kappa shape index (κ1) is 110. The van der Waals surface area contributed by atoms with Crippen molar-refractivity contribution in [3.05, 3.63) is 0 Å². The minimum absolute atomic E-state index is 0.0205. The Morgan fingerprint density at radius 1 is 0.305 bits per heavy atom. The third-order valence-electron chi connectivity index (χ3n) is 23.9. The van der Waals surface area contributed by atoms with E-state index in [1.54, 1.807) is 0 Å². The van der Waals surface area contributed by atoms with Crippen molar-refractivity contribution in [1.82, 2.24) is 0 Å². The Balaban J connectivity index is 1.90. The topological polar surface area (TPSA) is 380 Å². The maximum absolute atomic E-state index is 14.9. The average Bonchev–Trinajstić information content (AvgIpc) is 0.754. The van der Waals surface area contributed by atoms with Crippen LogP contribution in [0.15, 0.2) is 0 Å². The molecule has 696 valence electrons.